The molecule has 0 bridgehead atoms. The predicted molar refractivity (Wildman–Crippen MR) is 123 cm³/mol. The van der Waals surface area contributed by atoms with E-state index in [-0.39, 0.29) is 22.0 Å². The first-order valence-electron chi connectivity index (χ1n) is 9.92. The van der Waals surface area contributed by atoms with Gasteiger partial charge in [0, 0.05) is 22.4 Å². The summed E-state index contributed by atoms with van der Waals surface area (Å²) >= 11 is 0. The van der Waals surface area contributed by atoms with Gasteiger partial charge in [-0.25, -0.2) is 8.42 Å². The second-order valence-electron chi connectivity index (χ2n) is 7.39. The van der Waals surface area contributed by atoms with E-state index in [1.54, 1.807) is 18.2 Å². The number of carbonyl (C=O) groups excluding carboxylic acids is 1. The minimum Gasteiger partial charge on any atom is -0.510 e. The van der Waals surface area contributed by atoms with Crippen LogP contribution in [0.1, 0.15) is 15.9 Å². The maximum Gasteiger partial charge on any atom is 0.490 e. The lowest BCUT2D eigenvalue weighted by molar-refractivity contribution is -0.00657. The zero-order chi connectivity index (χ0) is 25.3. The summed E-state index contributed by atoms with van der Waals surface area (Å²) in [5.74, 6) is -2.42. The summed E-state index contributed by atoms with van der Waals surface area (Å²) in [6, 6.07) is 15.5. The average Bonchev–Trinajstić information content (AvgIpc) is 2.89. The highest BCUT2D eigenvalue weighted by molar-refractivity contribution is 7.93. The maximum atomic E-state index is 13.8. The highest BCUT2D eigenvalue weighted by Crippen LogP contribution is 2.30. The second kappa shape index (κ2) is 8.65. The molecule has 1 aliphatic carbocycles. The number of sulfone groups is 1. The fourth-order valence-corrected chi connectivity index (χ4v) is 5.77. The molecule has 0 saturated heterocycles. The van der Waals surface area contributed by atoms with E-state index in [0.29, 0.717) is 0 Å². The van der Waals surface area contributed by atoms with Crippen LogP contribution in [0.3, 0.4) is 0 Å². The number of diazo groups is 2. The summed E-state index contributed by atoms with van der Waals surface area (Å²) in [4.78, 5) is 21.4. The van der Waals surface area contributed by atoms with Gasteiger partial charge in [0.2, 0.25) is 31.6 Å². The van der Waals surface area contributed by atoms with E-state index in [4.69, 9.17) is 5.39 Å². The number of carbonyl (C=O) groups is 1. The maximum absolute atomic E-state index is 13.8. The van der Waals surface area contributed by atoms with Crippen molar-refractivity contribution >= 4 is 44.2 Å². The fourth-order valence-electron chi connectivity index (χ4n) is 3.91. The molecule has 3 aromatic carbocycles. The summed E-state index contributed by atoms with van der Waals surface area (Å²) < 4.78 is 27.6. The summed E-state index contributed by atoms with van der Waals surface area (Å²) in [5.41, 5.74) is 7.92. The van der Waals surface area contributed by atoms with Crippen molar-refractivity contribution in [3.63, 3.8) is 0 Å². The molecular formula is C23H14N6O5S+2. The smallest absolute Gasteiger partial charge is 0.490 e. The predicted octanol–water partition coefficient (Wildman–Crippen LogP) is 2.75. The summed E-state index contributed by atoms with van der Waals surface area (Å²) in [5, 5.41) is 37.4. The van der Waals surface area contributed by atoms with Gasteiger partial charge in [0.1, 0.15) is 11.0 Å². The van der Waals surface area contributed by atoms with Crippen molar-refractivity contribution in [3.8, 4) is 0 Å². The Balaban J connectivity index is 2.02. The Bertz CT molecular complexity index is 1780. The molecule has 0 radical (unpaired) electrons. The third-order valence-corrected chi connectivity index (χ3v) is 7.54. The van der Waals surface area contributed by atoms with E-state index in [0.717, 1.165) is 18.2 Å². The first-order valence-corrected chi connectivity index (χ1v) is 11.5. The number of aliphatic hydroxyl groups excluding tert-OH is 2. The van der Waals surface area contributed by atoms with Crippen LogP contribution in [0.2, 0.25) is 0 Å². The van der Waals surface area contributed by atoms with Gasteiger partial charge >= 0.3 is 17.1 Å². The van der Waals surface area contributed by atoms with Crippen LogP contribution in [0.4, 0.5) is 11.4 Å². The van der Waals surface area contributed by atoms with Gasteiger partial charge in [0.05, 0.1) is 4.90 Å². The molecule has 12 heteroatoms. The molecule has 170 valence electrons. The molecule has 4 rings (SSSR count). The van der Waals surface area contributed by atoms with E-state index >= 15 is 0 Å². The molecule has 0 amide bonds. The summed E-state index contributed by atoms with van der Waals surface area (Å²) in [7, 11) is -4.71. The van der Waals surface area contributed by atoms with Crippen molar-refractivity contribution in [2.24, 2.45) is 0 Å². The lowest BCUT2D eigenvalue weighted by Gasteiger charge is -2.18. The Labute approximate surface area is 197 Å². The number of rotatable bonds is 4. The third-order valence-electron chi connectivity index (χ3n) is 5.51. The van der Waals surface area contributed by atoms with Crippen LogP contribution in [0.5, 0.6) is 0 Å². The van der Waals surface area contributed by atoms with Crippen LogP contribution >= 0.6 is 0 Å². The van der Waals surface area contributed by atoms with Crippen LogP contribution in [0.15, 0.2) is 71.6 Å². The Kier molecular flexibility index (Phi) is 5.69. The monoisotopic (exact) mass is 486 g/mol. The standard InChI is InChI=1S/C23H13N6O5S/c24-27-15-11-10-14-17(18(15)28-25)22(32)19(29-26)23(21(14)31)35(33,34)16-9-5-4-8-13(16)20(30)12-6-2-1-3-7-12/h1-11,23-24H/q+1/p+1. The van der Waals surface area contributed by atoms with Gasteiger partial charge in [-0.2, -0.15) is 4.79 Å². The van der Waals surface area contributed by atoms with E-state index in [1.807, 2.05) is 0 Å². The Morgan fingerprint density at radius 1 is 0.914 bits per heavy atom. The molecule has 2 N–H and O–H groups in total. The van der Waals surface area contributed by atoms with Crippen molar-refractivity contribution in [2.75, 3.05) is 0 Å². The van der Waals surface area contributed by atoms with Crippen LogP contribution < -0.4 is 10.4 Å². The molecule has 0 spiro atoms. The van der Waals surface area contributed by atoms with Gasteiger partial charge in [-0.1, -0.05) is 42.5 Å². The number of hydrogen-bond acceptors (Lipinski definition) is 7. The van der Waals surface area contributed by atoms with Gasteiger partial charge < -0.3 is 15.7 Å². The molecular weight excluding hydrogens is 472 g/mol. The molecule has 1 atom stereocenters. The number of benzene rings is 3. The number of nitrogens with zero attached hydrogens (tertiary/aromatic N) is 6. The Morgan fingerprint density at radius 3 is 2.20 bits per heavy atom. The van der Waals surface area contributed by atoms with Gasteiger partial charge in [-0.15, -0.1) is 0 Å². The quantitative estimate of drug-likeness (QED) is 0.246. The zero-order valence-corrected chi connectivity index (χ0v) is 18.5. The number of hydrogen-bond donors (Lipinski definition) is 2. The van der Waals surface area contributed by atoms with Crippen molar-refractivity contribution in [2.45, 2.75) is 10.1 Å². The lowest BCUT2D eigenvalue weighted by Crippen LogP contribution is -2.47. The van der Waals surface area contributed by atoms with Gasteiger partial charge in [0.25, 0.3) is 0 Å². The number of aliphatic hydroxyl groups is 2. The molecule has 3 aromatic rings. The summed E-state index contributed by atoms with van der Waals surface area (Å²) in [6.07, 6.45) is 0. The van der Waals surface area contributed by atoms with Crippen molar-refractivity contribution in [1.29, 1.82) is 10.8 Å². The minimum atomic E-state index is -4.71. The molecule has 11 nitrogen and oxygen atoms in total. The highest BCUT2D eigenvalue weighted by Gasteiger charge is 2.49. The molecule has 0 aromatic heterocycles. The SMILES string of the molecule is N#[N+]c1ccc2c(c1[N+]#N)=C(O)C(=[N+]=[N-])C(S(=O)(=O)c1ccccc1C(=O)c1ccccc1)C=2O. The average molecular weight is 486 g/mol. The largest absolute Gasteiger partial charge is 0.510 e. The topological polar surface area (TPSA) is 184 Å². The third kappa shape index (κ3) is 3.52. The molecule has 1 aliphatic rings. The van der Waals surface area contributed by atoms with Gasteiger partial charge in [-0.3, -0.25) is 4.79 Å². The van der Waals surface area contributed by atoms with E-state index in [2.05, 4.69) is 14.7 Å². The molecule has 0 heterocycles. The first-order chi connectivity index (χ1) is 16.8. The highest BCUT2D eigenvalue weighted by atomic mass is 32.2. The van der Waals surface area contributed by atoms with Crippen molar-refractivity contribution < 1.29 is 28.2 Å². The van der Waals surface area contributed by atoms with Crippen LogP contribution in [0, 0.1) is 10.8 Å². The van der Waals surface area contributed by atoms with Crippen LogP contribution in [-0.4, -0.2) is 40.2 Å². The summed E-state index contributed by atoms with van der Waals surface area (Å²) in [6.45, 7) is 0. The minimum absolute atomic E-state index is 0.199. The van der Waals surface area contributed by atoms with E-state index < -0.39 is 53.9 Å². The number of ketones is 1. The Hall–Kier alpha value is -5.16. The van der Waals surface area contributed by atoms with Crippen molar-refractivity contribution in [1.82, 2.24) is 0 Å². The fraction of sp³-hybridized carbons (Fsp3) is 0.0435. The molecule has 1 unspecified atom stereocenters. The number of fused-ring (bicyclic) bond motifs is 1. The van der Waals surface area contributed by atoms with Crippen LogP contribution in [-0.2, 0) is 9.84 Å². The van der Waals surface area contributed by atoms with Crippen LogP contribution in [0.25, 0.3) is 27.0 Å². The molecule has 35 heavy (non-hydrogen) atoms. The molecule has 0 aliphatic heterocycles. The van der Waals surface area contributed by atoms with E-state index in [9.17, 15) is 34.3 Å². The molecule has 0 fully saturated rings. The molecule has 0 saturated carbocycles. The zero-order valence-electron chi connectivity index (χ0n) is 17.6. The second-order valence-corrected chi connectivity index (χ2v) is 9.39. The van der Waals surface area contributed by atoms with Gasteiger partial charge in [0.15, 0.2) is 15.7 Å². The Morgan fingerprint density at radius 2 is 1.57 bits per heavy atom. The van der Waals surface area contributed by atoms with E-state index in [1.165, 1.54) is 30.3 Å². The van der Waals surface area contributed by atoms with Crippen molar-refractivity contribution in [3.05, 3.63) is 104 Å². The lowest BCUT2D eigenvalue weighted by atomic mass is 10.0. The van der Waals surface area contributed by atoms with Gasteiger partial charge in [-0.05, 0) is 18.2 Å². The first kappa shape index (κ1) is 23.0. The normalized spacial score (nSPS) is 14.9.